The normalized spacial score (nSPS) is 17.8. The molecule has 1 aliphatic rings. The summed E-state index contributed by atoms with van der Waals surface area (Å²) in [7, 11) is 1.54. The Morgan fingerprint density at radius 1 is 1.13 bits per heavy atom. The first-order valence-corrected chi connectivity index (χ1v) is 9.91. The molecule has 1 fully saturated rings. The van der Waals surface area contributed by atoms with E-state index in [1.54, 1.807) is 67.0 Å². The van der Waals surface area contributed by atoms with Crippen molar-refractivity contribution in [3.63, 3.8) is 0 Å². The number of methoxy groups -OCH3 is 1. The highest BCUT2D eigenvalue weighted by Gasteiger charge is 2.47. The van der Waals surface area contributed by atoms with Gasteiger partial charge in [0.15, 0.2) is 0 Å². The van der Waals surface area contributed by atoms with Gasteiger partial charge in [0.25, 0.3) is 11.7 Å². The first-order chi connectivity index (χ1) is 14.9. The Kier molecular flexibility index (Phi) is 5.48. The Morgan fingerprint density at radius 2 is 1.87 bits per heavy atom. The number of pyridine rings is 1. The number of hydrogen-bond donors (Lipinski definition) is 1. The number of hydrogen-bond acceptors (Lipinski definition) is 5. The molecular weight excluding hydrogens is 416 g/mol. The molecule has 4 rings (SSSR count). The standard InChI is InChI=1S/C24H19ClN2O4/c1-14-12-17(25)7-10-19(14)27-21(16-4-3-11-26-13-16)20(23(29)24(27)30)22(28)15-5-8-18(31-2)9-6-15/h3-13,21,28H,1-2H3/b22-20+. The highest BCUT2D eigenvalue weighted by atomic mass is 35.5. The molecule has 2 aromatic carbocycles. The van der Waals surface area contributed by atoms with Crippen molar-refractivity contribution in [1.29, 1.82) is 0 Å². The molecule has 2 heterocycles. The molecular formula is C24H19ClN2O4. The zero-order valence-corrected chi connectivity index (χ0v) is 17.6. The van der Waals surface area contributed by atoms with E-state index in [0.29, 0.717) is 27.6 Å². The third-order valence-electron chi connectivity index (χ3n) is 5.23. The van der Waals surface area contributed by atoms with Gasteiger partial charge in [-0.2, -0.15) is 0 Å². The number of aliphatic hydroxyl groups excluding tert-OH is 1. The van der Waals surface area contributed by atoms with Crippen LogP contribution in [0.2, 0.25) is 5.02 Å². The van der Waals surface area contributed by atoms with Crippen molar-refractivity contribution in [3.8, 4) is 5.75 Å². The Bertz CT molecular complexity index is 1190. The van der Waals surface area contributed by atoms with Gasteiger partial charge in [-0.1, -0.05) is 17.7 Å². The fourth-order valence-electron chi connectivity index (χ4n) is 3.73. The van der Waals surface area contributed by atoms with E-state index in [1.807, 2.05) is 6.92 Å². The fourth-order valence-corrected chi connectivity index (χ4v) is 3.95. The second-order valence-electron chi connectivity index (χ2n) is 7.11. The minimum atomic E-state index is -0.837. The largest absolute Gasteiger partial charge is 0.507 e. The number of benzene rings is 2. The second-order valence-corrected chi connectivity index (χ2v) is 7.55. The predicted octanol–water partition coefficient (Wildman–Crippen LogP) is 4.68. The second kappa shape index (κ2) is 8.24. The lowest BCUT2D eigenvalue weighted by Crippen LogP contribution is -2.30. The highest BCUT2D eigenvalue weighted by molar-refractivity contribution is 6.51. The van der Waals surface area contributed by atoms with Crippen LogP contribution in [-0.4, -0.2) is 28.9 Å². The number of nitrogens with zero attached hydrogens (tertiary/aromatic N) is 2. The Hall–Kier alpha value is -3.64. The van der Waals surface area contributed by atoms with Crippen molar-refractivity contribution >= 4 is 34.7 Å². The number of aliphatic hydroxyl groups is 1. The summed E-state index contributed by atoms with van der Waals surface area (Å²) in [5.74, 6) is -1.15. The van der Waals surface area contributed by atoms with Gasteiger partial charge in [-0.05, 0) is 66.6 Å². The van der Waals surface area contributed by atoms with E-state index in [2.05, 4.69) is 4.98 Å². The number of aromatic nitrogens is 1. The summed E-state index contributed by atoms with van der Waals surface area (Å²) in [6.07, 6.45) is 3.18. The predicted molar refractivity (Wildman–Crippen MR) is 118 cm³/mol. The van der Waals surface area contributed by atoms with Crippen LogP contribution in [0, 0.1) is 6.92 Å². The van der Waals surface area contributed by atoms with Gasteiger partial charge in [0.05, 0.1) is 18.7 Å². The lowest BCUT2D eigenvalue weighted by Gasteiger charge is -2.26. The van der Waals surface area contributed by atoms with Crippen LogP contribution < -0.4 is 9.64 Å². The lowest BCUT2D eigenvalue weighted by molar-refractivity contribution is -0.132. The number of amides is 1. The molecule has 3 aromatic rings. The van der Waals surface area contributed by atoms with Crippen LogP contribution in [0.3, 0.4) is 0 Å². The minimum absolute atomic E-state index is 0.00230. The molecule has 1 N–H and O–H groups in total. The van der Waals surface area contributed by atoms with Gasteiger partial charge in [-0.25, -0.2) is 0 Å². The average Bonchev–Trinajstić information content (AvgIpc) is 3.04. The summed E-state index contributed by atoms with van der Waals surface area (Å²) in [5, 5.41) is 11.6. The van der Waals surface area contributed by atoms with Gasteiger partial charge in [0.2, 0.25) is 0 Å². The van der Waals surface area contributed by atoms with Crippen molar-refractivity contribution < 1.29 is 19.4 Å². The molecule has 0 spiro atoms. The maximum Gasteiger partial charge on any atom is 0.300 e. The SMILES string of the molecule is COc1ccc(/C(O)=C2\C(=O)C(=O)N(c3ccc(Cl)cc3C)C2c2cccnc2)cc1. The molecule has 0 radical (unpaired) electrons. The van der Waals surface area contributed by atoms with Crippen LogP contribution in [0.15, 0.2) is 72.6 Å². The Morgan fingerprint density at radius 3 is 2.48 bits per heavy atom. The molecule has 1 saturated heterocycles. The molecule has 6 nitrogen and oxygen atoms in total. The third kappa shape index (κ3) is 3.66. The van der Waals surface area contributed by atoms with Crippen LogP contribution in [0.5, 0.6) is 5.75 Å². The van der Waals surface area contributed by atoms with Gasteiger partial charge in [-0.3, -0.25) is 19.5 Å². The molecule has 1 aliphatic heterocycles. The maximum absolute atomic E-state index is 13.1. The van der Waals surface area contributed by atoms with Crippen molar-refractivity contribution in [2.24, 2.45) is 0 Å². The molecule has 1 unspecified atom stereocenters. The zero-order chi connectivity index (χ0) is 22.1. The number of carbonyl (C=O) groups is 2. The van der Waals surface area contributed by atoms with Crippen LogP contribution in [0.25, 0.3) is 5.76 Å². The van der Waals surface area contributed by atoms with Crippen LogP contribution >= 0.6 is 11.6 Å². The number of aryl methyl sites for hydroxylation is 1. The van der Waals surface area contributed by atoms with Crippen molar-refractivity contribution in [1.82, 2.24) is 4.98 Å². The van der Waals surface area contributed by atoms with Crippen LogP contribution in [-0.2, 0) is 9.59 Å². The summed E-state index contributed by atoms with van der Waals surface area (Å²) in [5.41, 5.74) is 2.27. The molecule has 1 atom stereocenters. The van der Waals surface area contributed by atoms with E-state index in [1.165, 1.54) is 12.0 Å². The lowest BCUT2D eigenvalue weighted by atomic mass is 9.96. The Balaban J connectivity index is 1.93. The van der Waals surface area contributed by atoms with E-state index in [-0.39, 0.29) is 11.3 Å². The van der Waals surface area contributed by atoms with Gasteiger partial charge in [-0.15, -0.1) is 0 Å². The smallest absolute Gasteiger partial charge is 0.300 e. The number of anilines is 1. The van der Waals surface area contributed by atoms with Crippen molar-refractivity contribution in [3.05, 3.63) is 94.3 Å². The maximum atomic E-state index is 13.1. The summed E-state index contributed by atoms with van der Waals surface area (Å²) in [6, 6.07) is 14.3. The topological polar surface area (TPSA) is 79.7 Å². The van der Waals surface area contributed by atoms with Crippen LogP contribution in [0.1, 0.15) is 22.7 Å². The van der Waals surface area contributed by atoms with Gasteiger partial charge in [0, 0.05) is 28.7 Å². The molecule has 156 valence electrons. The van der Waals surface area contributed by atoms with Gasteiger partial charge in [0.1, 0.15) is 11.5 Å². The molecule has 0 saturated carbocycles. The molecule has 0 bridgehead atoms. The van der Waals surface area contributed by atoms with E-state index < -0.39 is 17.7 Å². The first kappa shape index (κ1) is 20.6. The number of halogens is 1. The Labute approximate surface area is 184 Å². The number of carbonyl (C=O) groups excluding carboxylic acids is 2. The number of Topliss-reactive ketones (excluding diaryl/α,β-unsaturated/α-hetero) is 1. The summed E-state index contributed by atoms with van der Waals surface area (Å²) in [4.78, 5) is 31.8. The quantitative estimate of drug-likeness (QED) is 0.366. The zero-order valence-electron chi connectivity index (χ0n) is 16.9. The van der Waals surface area contributed by atoms with Crippen LogP contribution in [0.4, 0.5) is 5.69 Å². The molecule has 0 aliphatic carbocycles. The van der Waals surface area contributed by atoms with Gasteiger partial charge >= 0.3 is 0 Å². The summed E-state index contributed by atoms with van der Waals surface area (Å²) >= 11 is 6.09. The molecule has 7 heteroatoms. The van der Waals surface area contributed by atoms with E-state index in [0.717, 1.165) is 5.56 Å². The number of ether oxygens (including phenoxy) is 1. The average molecular weight is 435 g/mol. The molecule has 1 aromatic heterocycles. The highest BCUT2D eigenvalue weighted by Crippen LogP contribution is 2.43. The number of ketones is 1. The monoisotopic (exact) mass is 434 g/mol. The number of rotatable bonds is 4. The molecule has 1 amide bonds. The van der Waals surface area contributed by atoms with Crippen molar-refractivity contribution in [2.75, 3.05) is 12.0 Å². The van der Waals surface area contributed by atoms with Gasteiger partial charge < -0.3 is 9.84 Å². The first-order valence-electron chi connectivity index (χ1n) is 9.54. The summed E-state index contributed by atoms with van der Waals surface area (Å²) in [6.45, 7) is 1.81. The summed E-state index contributed by atoms with van der Waals surface area (Å²) < 4.78 is 5.15. The van der Waals surface area contributed by atoms with E-state index in [9.17, 15) is 14.7 Å². The fraction of sp³-hybridized carbons (Fsp3) is 0.125. The van der Waals surface area contributed by atoms with E-state index in [4.69, 9.17) is 16.3 Å². The minimum Gasteiger partial charge on any atom is -0.507 e. The van der Waals surface area contributed by atoms with E-state index >= 15 is 0 Å². The molecule has 31 heavy (non-hydrogen) atoms. The third-order valence-corrected chi connectivity index (χ3v) is 5.46. The van der Waals surface area contributed by atoms with Crippen molar-refractivity contribution in [2.45, 2.75) is 13.0 Å².